The summed E-state index contributed by atoms with van der Waals surface area (Å²) in [7, 11) is 3.22. The van der Waals surface area contributed by atoms with Gasteiger partial charge in [-0.1, -0.05) is 48.5 Å². The molecule has 34 heavy (non-hydrogen) atoms. The van der Waals surface area contributed by atoms with Crippen LogP contribution in [0.15, 0.2) is 66.7 Å². The Morgan fingerprint density at radius 1 is 0.971 bits per heavy atom. The van der Waals surface area contributed by atoms with Gasteiger partial charge in [0.05, 0.1) is 26.2 Å². The van der Waals surface area contributed by atoms with Gasteiger partial charge in [-0.3, -0.25) is 9.59 Å². The lowest BCUT2D eigenvalue weighted by Gasteiger charge is -2.45. The van der Waals surface area contributed by atoms with E-state index < -0.39 is 5.92 Å². The van der Waals surface area contributed by atoms with Crippen LogP contribution in [0, 0.1) is 0 Å². The molecule has 1 N–H and O–H groups in total. The van der Waals surface area contributed by atoms with Gasteiger partial charge in [-0.05, 0) is 53.3 Å². The van der Waals surface area contributed by atoms with Crippen molar-refractivity contribution in [3.8, 4) is 11.5 Å². The van der Waals surface area contributed by atoms with Crippen molar-refractivity contribution in [1.82, 2.24) is 10.2 Å². The second-order valence-corrected chi connectivity index (χ2v) is 8.69. The third-order valence-electron chi connectivity index (χ3n) is 6.88. The molecule has 6 nitrogen and oxygen atoms in total. The third kappa shape index (κ3) is 3.79. The number of rotatable bonds is 6. The summed E-state index contributed by atoms with van der Waals surface area (Å²) in [5.41, 5.74) is 4.74. The van der Waals surface area contributed by atoms with Crippen molar-refractivity contribution in [3.05, 3.63) is 94.5 Å². The summed E-state index contributed by atoms with van der Waals surface area (Å²) in [6.45, 7) is 1.10. The molecule has 0 saturated carbocycles. The molecule has 3 aromatic rings. The fraction of sp³-hybridized carbons (Fsp3) is 0.286. The van der Waals surface area contributed by atoms with Crippen LogP contribution in [0.5, 0.6) is 11.5 Å². The summed E-state index contributed by atoms with van der Waals surface area (Å²) < 4.78 is 10.7. The monoisotopic (exact) mass is 456 g/mol. The lowest BCUT2D eigenvalue weighted by molar-refractivity contribution is -0.124. The molecule has 2 heterocycles. The highest BCUT2D eigenvalue weighted by molar-refractivity contribution is 6.01. The van der Waals surface area contributed by atoms with Gasteiger partial charge in [-0.2, -0.15) is 0 Å². The average Bonchev–Trinajstić information content (AvgIpc) is 2.88. The SMILES string of the molecule is COc1ccc(CCNC(=O)[C@H]2c3ccccc3C(=O)N3CCc4ccccc4[C@H]23)cc1OC. The molecule has 0 radical (unpaired) electrons. The largest absolute Gasteiger partial charge is 0.493 e. The Morgan fingerprint density at radius 2 is 1.71 bits per heavy atom. The summed E-state index contributed by atoms with van der Waals surface area (Å²) in [5, 5.41) is 3.14. The summed E-state index contributed by atoms with van der Waals surface area (Å²) in [6, 6.07) is 21.1. The molecule has 0 spiro atoms. The van der Waals surface area contributed by atoms with Crippen LogP contribution in [0.25, 0.3) is 0 Å². The number of carbonyl (C=O) groups excluding carboxylic acids is 2. The maximum Gasteiger partial charge on any atom is 0.254 e. The Balaban J connectivity index is 1.41. The molecular weight excluding hydrogens is 428 g/mol. The van der Waals surface area contributed by atoms with Crippen molar-refractivity contribution in [1.29, 1.82) is 0 Å². The summed E-state index contributed by atoms with van der Waals surface area (Å²) in [6.07, 6.45) is 1.46. The highest BCUT2D eigenvalue weighted by atomic mass is 16.5. The number of methoxy groups -OCH3 is 2. The molecule has 0 aromatic heterocycles. The molecule has 2 aliphatic heterocycles. The second-order valence-electron chi connectivity index (χ2n) is 8.69. The normalized spacial score (nSPS) is 18.4. The molecule has 0 unspecified atom stereocenters. The number of hydrogen-bond acceptors (Lipinski definition) is 4. The summed E-state index contributed by atoms with van der Waals surface area (Å²) in [5.74, 6) is 0.827. The third-order valence-corrected chi connectivity index (χ3v) is 6.88. The fourth-order valence-corrected chi connectivity index (χ4v) is 5.23. The van der Waals surface area contributed by atoms with Crippen molar-refractivity contribution in [2.45, 2.75) is 24.8 Å². The molecule has 174 valence electrons. The van der Waals surface area contributed by atoms with E-state index >= 15 is 0 Å². The Hall–Kier alpha value is -3.80. The van der Waals surface area contributed by atoms with Crippen LogP contribution in [-0.2, 0) is 17.6 Å². The van der Waals surface area contributed by atoms with E-state index in [0.717, 1.165) is 23.1 Å². The Morgan fingerprint density at radius 3 is 2.50 bits per heavy atom. The van der Waals surface area contributed by atoms with Gasteiger partial charge in [0.2, 0.25) is 5.91 Å². The summed E-state index contributed by atoms with van der Waals surface area (Å²) >= 11 is 0. The predicted molar refractivity (Wildman–Crippen MR) is 129 cm³/mol. The van der Waals surface area contributed by atoms with E-state index in [-0.39, 0.29) is 17.9 Å². The number of benzene rings is 3. The van der Waals surface area contributed by atoms with Crippen molar-refractivity contribution in [3.63, 3.8) is 0 Å². The lowest BCUT2D eigenvalue weighted by Crippen LogP contribution is -2.50. The molecule has 6 heteroatoms. The van der Waals surface area contributed by atoms with Crippen LogP contribution in [0.1, 0.15) is 44.6 Å². The minimum atomic E-state index is -0.458. The Labute approximate surface area is 199 Å². The first kappa shape index (κ1) is 22.0. The quantitative estimate of drug-likeness (QED) is 0.611. The molecule has 2 amide bonds. The number of ether oxygens (including phenoxy) is 2. The standard InChI is InChI=1S/C28H28N2O4/c1-33-23-12-11-18(17-24(23)34-2)13-15-29-27(31)25-21-9-5-6-10-22(21)28(32)30-16-14-19-7-3-4-8-20(19)26(25)30/h3-12,17,25-26H,13-16H2,1-2H3,(H,29,31)/t25-,26+/m0/s1. The van der Waals surface area contributed by atoms with Crippen LogP contribution < -0.4 is 14.8 Å². The molecule has 5 rings (SSSR count). The fourth-order valence-electron chi connectivity index (χ4n) is 5.23. The Bertz CT molecular complexity index is 1240. The van der Waals surface area contributed by atoms with Crippen LogP contribution >= 0.6 is 0 Å². The van der Waals surface area contributed by atoms with Gasteiger partial charge in [0.25, 0.3) is 5.91 Å². The molecule has 2 aliphatic rings. The first-order valence-corrected chi connectivity index (χ1v) is 11.6. The minimum Gasteiger partial charge on any atom is -0.493 e. The smallest absolute Gasteiger partial charge is 0.254 e. The highest BCUT2D eigenvalue weighted by Gasteiger charge is 2.45. The topological polar surface area (TPSA) is 67.9 Å². The molecule has 3 aromatic carbocycles. The number of amides is 2. The maximum absolute atomic E-state index is 13.7. The van der Waals surface area contributed by atoms with Crippen molar-refractivity contribution < 1.29 is 19.1 Å². The zero-order valence-electron chi connectivity index (χ0n) is 19.4. The molecule has 0 aliphatic carbocycles. The van der Waals surface area contributed by atoms with E-state index in [0.29, 0.717) is 36.6 Å². The van der Waals surface area contributed by atoms with Crippen molar-refractivity contribution >= 4 is 11.8 Å². The van der Waals surface area contributed by atoms with E-state index in [1.807, 2.05) is 59.5 Å². The summed E-state index contributed by atoms with van der Waals surface area (Å²) in [4.78, 5) is 28.8. The molecular formula is C28H28N2O4. The molecule has 0 fully saturated rings. The number of carbonyl (C=O) groups is 2. The predicted octanol–water partition coefficient (Wildman–Crippen LogP) is 3.90. The number of hydrogen-bond donors (Lipinski definition) is 1. The first-order chi connectivity index (χ1) is 16.6. The van der Waals surface area contributed by atoms with Gasteiger partial charge in [0.1, 0.15) is 0 Å². The van der Waals surface area contributed by atoms with Gasteiger partial charge >= 0.3 is 0 Å². The van der Waals surface area contributed by atoms with Crippen LogP contribution in [0.3, 0.4) is 0 Å². The van der Waals surface area contributed by atoms with Crippen LogP contribution in [0.2, 0.25) is 0 Å². The van der Waals surface area contributed by atoms with E-state index in [1.54, 1.807) is 14.2 Å². The maximum atomic E-state index is 13.7. The van der Waals surface area contributed by atoms with Gasteiger partial charge in [-0.25, -0.2) is 0 Å². The van der Waals surface area contributed by atoms with Crippen LogP contribution in [0.4, 0.5) is 0 Å². The van der Waals surface area contributed by atoms with E-state index in [4.69, 9.17) is 9.47 Å². The van der Waals surface area contributed by atoms with E-state index in [2.05, 4.69) is 17.4 Å². The zero-order valence-corrected chi connectivity index (χ0v) is 19.4. The second kappa shape index (κ2) is 9.21. The van der Waals surface area contributed by atoms with Gasteiger partial charge in [0.15, 0.2) is 11.5 Å². The molecule has 0 saturated heterocycles. The van der Waals surface area contributed by atoms with Gasteiger partial charge in [0, 0.05) is 18.7 Å². The minimum absolute atomic E-state index is 0.00415. The van der Waals surface area contributed by atoms with Crippen LogP contribution in [-0.4, -0.2) is 44.0 Å². The number of nitrogens with zero attached hydrogens (tertiary/aromatic N) is 1. The molecule has 0 bridgehead atoms. The lowest BCUT2D eigenvalue weighted by atomic mass is 9.76. The van der Waals surface area contributed by atoms with E-state index in [1.165, 1.54) is 5.56 Å². The van der Waals surface area contributed by atoms with Crippen molar-refractivity contribution in [2.24, 2.45) is 0 Å². The van der Waals surface area contributed by atoms with E-state index in [9.17, 15) is 9.59 Å². The van der Waals surface area contributed by atoms with Gasteiger partial charge in [-0.15, -0.1) is 0 Å². The zero-order chi connectivity index (χ0) is 23.7. The number of fused-ring (bicyclic) bond motifs is 4. The first-order valence-electron chi connectivity index (χ1n) is 11.6. The average molecular weight is 457 g/mol. The van der Waals surface area contributed by atoms with Crippen molar-refractivity contribution in [2.75, 3.05) is 27.3 Å². The number of nitrogens with one attached hydrogen (secondary N) is 1. The Kier molecular flexibility index (Phi) is 5.97. The van der Waals surface area contributed by atoms with Gasteiger partial charge < -0.3 is 19.7 Å². The molecule has 2 atom stereocenters. The highest BCUT2D eigenvalue weighted by Crippen LogP contribution is 2.45.